The maximum atomic E-state index is 13.2. The highest BCUT2D eigenvalue weighted by molar-refractivity contribution is 5.97. The fraction of sp³-hybridized carbons (Fsp3) is 0.333. The van der Waals surface area contributed by atoms with Crippen molar-refractivity contribution >= 4 is 11.6 Å². The fourth-order valence-electron chi connectivity index (χ4n) is 2.67. The first kappa shape index (κ1) is 20.6. The van der Waals surface area contributed by atoms with E-state index in [1.54, 1.807) is 24.3 Å². The molecule has 1 aromatic carbocycles. The molecule has 0 aliphatic carbocycles. The van der Waals surface area contributed by atoms with Crippen molar-refractivity contribution in [3.05, 3.63) is 47.9 Å². The third-order valence-corrected chi connectivity index (χ3v) is 4.14. The summed E-state index contributed by atoms with van der Waals surface area (Å²) >= 11 is 0. The molecular formula is C18H16F4N2O5. The Kier molecular flexibility index (Phi) is 5.78. The molecule has 0 spiro atoms. The van der Waals surface area contributed by atoms with Crippen LogP contribution < -0.4 is 9.47 Å². The number of ether oxygens (including phenoxy) is 2. The standard InChI is InChI=1S/C18H16F4N2O5/c1-27-12-4-2-3-5-13(12)28-9-10-6-7-14(29-10)16(25)24-18(26,17(21)22)8-11(23-24)15(19)20/h2-7,15,17,26H,8-9H2,1H3. The van der Waals surface area contributed by atoms with Gasteiger partial charge in [0.1, 0.15) is 18.1 Å². The van der Waals surface area contributed by atoms with Crippen molar-refractivity contribution in [1.29, 1.82) is 0 Å². The highest BCUT2D eigenvalue weighted by Gasteiger charge is 2.54. The van der Waals surface area contributed by atoms with Gasteiger partial charge in [0.05, 0.1) is 7.11 Å². The second-order valence-electron chi connectivity index (χ2n) is 6.07. The van der Waals surface area contributed by atoms with Crippen LogP contribution in [-0.4, -0.2) is 47.4 Å². The molecule has 156 valence electrons. The molecule has 2 aromatic rings. The first-order chi connectivity index (χ1) is 13.8. The van der Waals surface area contributed by atoms with Gasteiger partial charge in [0.2, 0.25) is 5.72 Å². The Hall–Kier alpha value is -3.08. The lowest BCUT2D eigenvalue weighted by atomic mass is 10.1. The molecule has 1 unspecified atom stereocenters. The van der Waals surface area contributed by atoms with E-state index in [2.05, 4.69) is 5.10 Å². The van der Waals surface area contributed by atoms with Gasteiger partial charge in [-0.25, -0.2) is 17.6 Å². The lowest BCUT2D eigenvalue weighted by molar-refractivity contribution is -0.164. The number of benzene rings is 1. The van der Waals surface area contributed by atoms with Gasteiger partial charge >= 0.3 is 5.91 Å². The second kappa shape index (κ2) is 8.11. The number of carbonyl (C=O) groups excluding carboxylic acids is 1. The maximum Gasteiger partial charge on any atom is 0.312 e. The van der Waals surface area contributed by atoms with Crippen LogP contribution in [0.25, 0.3) is 0 Å². The van der Waals surface area contributed by atoms with Crippen molar-refractivity contribution < 1.29 is 41.4 Å². The first-order valence-corrected chi connectivity index (χ1v) is 8.31. The number of aliphatic hydroxyl groups is 1. The van der Waals surface area contributed by atoms with E-state index in [4.69, 9.17) is 13.9 Å². The molecule has 0 fully saturated rings. The highest BCUT2D eigenvalue weighted by atomic mass is 19.3. The summed E-state index contributed by atoms with van der Waals surface area (Å²) in [4.78, 5) is 12.4. The Bertz CT molecular complexity index is 917. The number of furan rings is 1. The summed E-state index contributed by atoms with van der Waals surface area (Å²) < 4.78 is 68.1. The summed E-state index contributed by atoms with van der Waals surface area (Å²) in [6.45, 7) is -0.127. The van der Waals surface area contributed by atoms with Crippen molar-refractivity contribution in [2.75, 3.05) is 7.11 Å². The number of alkyl halides is 4. The predicted octanol–water partition coefficient (Wildman–Crippen LogP) is 3.29. The second-order valence-corrected chi connectivity index (χ2v) is 6.07. The zero-order chi connectivity index (χ0) is 21.2. The minimum Gasteiger partial charge on any atom is -0.493 e. The van der Waals surface area contributed by atoms with Crippen LogP contribution in [0.15, 0.2) is 45.9 Å². The average Bonchev–Trinajstić information content (AvgIpc) is 3.31. The summed E-state index contributed by atoms with van der Waals surface area (Å²) in [7, 11) is 1.46. The van der Waals surface area contributed by atoms with Crippen LogP contribution in [0.3, 0.4) is 0 Å². The molecule has 1 aliphatic rings. The predicted molar refractivity (Wildman–Crippen MR) is 91.2 cm³/mol. The Morgan fingerprint density at radius 1 is 1.24 bits per heavy atom. The van der Waals surface area contributed by atoms with Gasteiger partial charge in [-0.1, -0.05) is 12.1 Å². The third kappa shape index (κ3) is 4.04. The summed E-state index contributed by atoms with van der Waals surface area (Å²) in [6.07, 6.45) is -7.88. The zero-order valence-electron chi connectivity index (χ0n) is 15.0. The topological polar surface area (TPSA) is 84.5 Å². The van der Waals surface area contributed by atoms with Gasteiger partial charge in [-0.05, 0) is 24.3 Å². The number of para-hydroxylation sites is 2. The quantitative estimate of drug-likeness (QED) is 0.701. The van der Waals surface area contributed by atoms with E-state index < -0.39 is 42.4 Å². The number of rotatable bonds is 7. The molecule has 11 heteroatoms. The average molecular weight is 416 g/mol. The summed E-state index contributed by atoms with van der Waals surface area (Å²) in [5.74, 6) is -0.744. The van der Waals surface area contributed by atoms with E-state index in [9.17, 15) is 27.5 Å². The van der Waals surface area contributed by atoms with E-state index >= 15 is 0 Å². The summed E-state index contributed by atoms with van der Waals surface area (Å²) in [5.41, 5.74) is -4.20. The van der Waals surface area contributed by atoms with E-state index in [0.717, 1.165) is 6.07 Å². The Balaban J connectivity index is 1.76. The summed E-state index contributed by atoms with van der Waals surface area (Å²) in [6, 6.07) is 9.25. The number of nitrogens with zero attached hydrogens (tertiary/aromatic N) is 2. The monoisotopic (exact) mass is 416 g/mol. The van der Waals surface area contributed by atoms with Crippen LogP contribution in [0.4, 0.5) is 17.6 Å². The normalized spacial score (nSPS) is 19.0. The number of methoxy groups -OCH3 is 1. The maximum absolute atomic E-state index is 13.2. The Morgan fingerprint density at radius 3 is 2.55 bits per heavy atom. The summed E-state index contributed by atoms with van der Waals surface area (Å²) in [5, 5.41) is 13.1. The van der Waals surface area contributed by atoms with Crippen molar-refractivity contribution in [2.45, 2.75) is 31.6 Å². The smallest absolute Gasteiger partial charge is 0.312 e. The highest BCUT2D eigenvalue weighted by Crippen LogP contribution is 2.34. The van der Waals surface area contributed by atoms with Crippen LogP contribution in [0.1, 0.15) is 22.7 Å². The van der Waals surface area contributed by atoms with Crippen LogP contribution in [0.2, 0.25) is 0 Å². The molecule has 1 aliphatic heterocycles. The third-order valence-electron chi connectivity index (χ3n) is 4.14. The van der Waals surface area contributed by atoms with Crippen molar-refractivity contribution in [1.82, 2.24) is 5.01 Å². The Labute approximate surface area is 162 Å². The van der Waals surface area contributed by atoms with Gasteiger partial charge in [-0.15, -0.1) is 0 Å². The largest absolute Gasteiger partial charge is 0.493 e. The Morgan fingerprint density at radius 2 is 1.93 bits per heavy atom. The minimum absolute atomic E-state index is 0.0666. The first-order valence-electron chi connectivity index (χ1n) is 8.31. The van der Waals surface area contributed by atoms with Crippen molar-refractivity contribution in [3.63, 3.8) is 0 Å². The van der Waals surface area contributed by atoms with E-state index in [1.165, 1.54) is 13.2 Å². The molecule has 0 saturated carbocycles. The molecule has 1 aromatic heterocycles. The van der Waals surface area contributed by atoms with E-state index in [0.29, 0.717) is 11.5 Å². The molecule has 1 N–H and O–H groups in total. The number of hydrogen-bond acceptors (Lipinski definition) is 6. The fourth-order valence-corrected chi connectivity index (χ4v) is 2.67. The molecule has 1 amide bonds. The number of carbonyl (C=O) groups is 1. The van der Waals surface area contributed by atoms with Gasteiger partial charge in [0, 0.05) is 6.42 Å². The van der Waals surface area contributed by atoms with Crippen LogP contribution in [0, 0.1) is 0 Å². The van der Waals surface area contributed by atoms with Crippen molar-refractivity contribution in [2.24, 2.45) is 5.10 Å². The molecule has 1 atom stereocenters. The molecular weight excluding hydrogens is 400 g/mol. The molecule has 29 heavy (non-hydrogen) atoms. The number of amides is 1. The van der Waals surface area contributed by atoms with E-state index in [1.807, 2.05) is 0 Å². The van der Waals surface area contributed by atoms with Gasteiger partial charge in [-0.3, -0.25) is 4.79 Å². The number of hydrogen-bond donors (Lipinski definition) is 1. The zero-order valence-corrected chi connectivity index (χ0v) is 15.0. The molecule has 0 saturated heterocycles. The molecule has 2 heterocycles. The van der Waals surface area contributed by atoms with Gasteiger partial charge in [-0.2, -0.15) is 10.1 Å². The number of hydrazone groups is 1. The van der Waals surface area contributed by atoms with Crippen LogP contribution in [0.5, 0.6) is 11.5 Å². The molecule has 0 radical (unpaired) electrons. The van der Waals surface area contributed by atoms with E-state index in [-0.39, 0.29) is 17.4 Å². The SMILES string of the molecule is COc1ccccc1OCc1ccc(C(=O)N2N=C(C(F)F)CC2(O)C(F)F)o1. The van der Waals surface area contributed by atoms with Crippen molar-refractivity contribution in [3.8, 4) is 11.5 Å². The molecule has 3 rings (SSSR count). The molecule has 7 nitrogen and oxygen atoms in total. The number of halogens is 4. The van der Waals surface area contributed by atoms with Crippen LogP contribution >= 0.6 is 0 Å². The van der Waals surface area contributed by atoms with Gasteiger partial charge in [0.25, 0.3) is 12.9 Å². The lowest BCUT2D eigenvalue weighted by Crippen LogP contribution is -2.51. The van der Waals surface area contributed by atoms with Gasteiger partial charge < -0.3 is 19.0 Å². The minimum atomic E-state index is -3.52. The lowest BCUT2D eigenvalue weighted by Gasteiger charge is -2.29. The van der Waals surface area contributed by atoms with Gasteiger partial charge in [0.15, 0.2) is 17.3 Å². The van der Waals surface area contributed by atoms with Crippen LogP contribution in [-0.2, 0) is 6.61 Å². The molecule has 0 bridgehead atoms.